The van der Waals surface area contributed by atoms with Crippen LogP contribution < -0.4 is 14.9 Å². The highest BCUT2D eigenvalue weighted by molar-refractivity contribution is 9.10. The van der Waals surface area contributed by atoms with Gasteiger partial charge in [-0.1, -0.05) is 54.6 Å². The van der Waals surface area contributed by atoms with E-state index >= 15 is 0 Å². The van der Waals surface area contributed by atoms with E-state index in [0.29, 0.717) is 21.5 Å². The monoisotopic (exact) mass is 542 g/mol. The van der Waals surface area contributed by atoms with Crippen molar-refractivity contribution in [2.75, 3.05) is 0 Å². The first-order valence-corrected chi connectivity index (χ1v) is 12.0. The minimum Gasteiger partial charge on any atom is -0.481 e. The van der Waals surface area contributed by atoms with Gasteiger partial charge in [-0.05, 0) is 88.1 Å². The number of rotatable bonds is 8. The van der Waals surface area contributed by atoms with Crippen LogP contribution in [0.4, 0.5) is 0 Å². The van der Waals surface area contributed by atoms with Crippen molar-refractivity contribution in [3.05, 3.63) is 119 Å². The average Bonchev–Trinajstić information content (AvgIpc) is 2.90. The van der Waals surface area contributed by atoms with Crippen LogP contribution in [0.1, 0.15) is 22.8 Å². The molecule has 1 atom stereocenters. The average molecular weight is 543 g/mol. The summed E-state index contributed by atoms with van der Waals surface area (Å²) in [6.07, 6.45) is 0.766. The molecule has 1 unspecified atom stereocenters. The SMILES string of the molecule is CC(Oc1ccc(-c2ccccc2)cc1)C(=O)N/N=C/c1ccc(OC(=O)c2ccccc2Br)cc1. The summed E-state index contributed by atoms with van der Waals surface area (Å²) in [4.78, 5) is 24.7. The van der Waals surface area contributed by atoms with Crippen molar-refractivity contribution in [1.29, 1.82) is 0 Å². The molecule has 7 heteroatoms. The molecule has 1 amide bonds. The third-order valence-electron chi connectivity index (χ3n) is 5.22. The second-order valence-electron chi connectivity index (χ2n) is 7.82. The first kappa shape index (κ1) is 24.9. The van der Waals surface area contributed by atoms with Crippen molar-refractivity contribution in [2.45, 2.75) is 13.0 Å². The van der Waals surface area contributed by atoms with Gasteiger partial charge in [0.2, 0.25) is 0 Å². The molecule has 0 heterocycles. The highest BCUT2D eigenvalue weighted by atomic mass is 79.9. The molecule has 1 N–H and O–H groups in total. The maximum Gasteiger partial charge on any atom is 0.344 e. The van der Waals surface area contributed by atoms with Crippen LogP contribution in [0.15, 0.2) is 113 Å². The highest BCUT2D eigenvalue weighted by Gasteiger charge is 2.14. The van der Waals surface area contributed by atoms with E-state index in [1.807, 2.05) is 60.7 Å². The maximum atomic E-state index is 12.4. The number of nitrogens with zero attached hydrogens (tertiary/aromatic N) is 1. The summed E-state index contributed by atoms with van der Waals surface area (Å²) in [6, 6.07) is 31.4. The zero-order valence-electron chi connectivity index (χ0n) is 19.4. The normalized spacial score (nSPS) is 11.6. The van der Waals surface area contributed by atoms with E-state index in [0.717, 1.165) is 16.7 Å². The van der Waals surface area contributed by atoms with Gasteiger partial charge in [0, 0.05) is 4.47 Å². The summed E-state index contributed by atoms with van der Waals surface area (Å²) in [7, 11) is 0. The number of hydrogen-bond donors (Lipinski definition) is 1. The van der Waals surface area contributed by atoms with E-state index in [9.17, 15) is 9.59 Å². The second kappa shape index (κ2) is 12.0. The number of esters is 1. The molecule has 0 radical (unpaired) electrons. The quantitative estimate of drug-likeness (QED) is 0.123. The molecule has 36 heavy (non-hydrogen) atoms. The fraction of sp³-hybridized carbons (Fsp3) is 0.0690. The molecule has 4 rings (SSSR count). The van der Waals surface area contributed by atoms with Crippen LogP contribution in [0, 0.1) is 0 Å². The first-order chi connectivity index (χ1) is 17.5. The van der Waals surface area contributed by atoms with Gasteiger partial charge in [0.25, 0.3) is 5.91 Å². The lowest BCUT2D eigenvalue weighted by atomic mass is 10.1. The summed E-state index contributed by atoms with van der Waals surface area (Å²) in [5.74, 6) is 0.156. The van der Waals surface area contributed by atoms with Crippen LogP contribution in [-0.2, 0) is 4.79 Å². The van der Waals surface area contributed by atoms with E-state index in [4.69, 9.17) is 9.47 Å². The van der Waals surface area contributed by atoms with Crippen molar-refractivity contribution in [2.24, 2.45) is 5.10 Å². The number of benzene rings is 4. The third-order valence-corrected chi connectivity index (χ3v) is 5.91. The molecular formula is C29H23BrN2O4. The van der Waals surface area contributed by atoms with Crippen molar-refractivity contribution in [1.82, 2.24) is 5.43 Å². The Morgan fingerprint density at radius 1 is 0.806 bits per heavy atom. The second-order valence-corrected chi connectivity index (χ2v) is 8.68. The zero-order chi connectivity index (χ0) is 25.3. The fourth-order valence-electron chi connectivity index (χ4n) is 3.29. The topological polar surface area (TPSA) is 77.0 Å². The van der Waals surface area contributed by atoms with E-state index < -0.39 is 12.1 Å². The maximum absolute atomic E-state index is 12.4. The zero-order valence-corrected chi connectivity index (χ0v) is 21.0. The van der Waals surface area contributed by atoms with Crippen LogP contribution in [0.5, 0.6) is 11.5 Å². The van der Waals surface area contributed by atoms with E-state index in [-0.39, 0.29) is 5.91 Å². The summed E-state index contributed by atoms with van der Waals surface area (Å²) >= 11 is 3.34. The molecule has 0 aliphatic heterocycles. The molecule has 0 saturated heterocycles. The highest BCUT2D eigenvalue weighted by Crippen LogP contribution is 2.23. The van der Waals surface area contributed by atoms with Crippen molar-refractivity contribution >= 4 is 34.0 Å². The number of halogens is 1. The lowest BCUT2D eigenvalue weighted by Crippen LogP contribution is -2.33. The number of ether oxygens (including phenoxy) is 2. The fourth-order valence-corrected chi connectivity index (χ4v) is 3.73. The third kappa shape index (κ3) is 6.67. The molecule has 0 aromatic heterocycles. The Labute approximate surface area is 217 Å². The van der Waals surface area contributed by atoms with Crippen molar-refractivity contribution in [3.63, 3.8) is 0 Å². The van der Waals surface area contributed by atoms with Gasteiger partial charge < -0.3 is 9.47 Å². The molecule has 4 aromatic carbocycles. The van der Waals surface area contributed by atoms with Crippen LogP contribution in [0.2, 0.25) is 0 Å². The summed E-state index contributed by atoms with van der Waals surface area (Å²) < 4.78 is 11.8. The van der Waals surface area contributed by atoms with Gasteiger partial charge in [-0.2, -0.15) is 5.10 Å². The van der Waals surface area contributed by atoms with Crippen LogP contribution in [0.3, 0.4) is 0 Å². The molecule has 0 fully saturated rings. The predicted molar refractivity (Wildman–Crippen MR) is 143 cm³/mol. The standard InChI is InChI=1S/C29H23BrN2O4/c1-20(35-24-17-13-23(14-18-24)22-7-3-2-4-8-22)28(33)32-31-19-21-11-15-25(16-12-21)36-29(34)26-9-5-6-10-27(26)30/h2-20H,1H3,(H,32,33)/b31-19+. The Kier molecular flexibility index (Phi) is 8.26. The van der Waals surface area contributed by atoms with Gasteiger partial charge in [-0.25, -0.2) is 10.2 Å². The molecule has 6 nitrogen and oxygen atoms in total. The minimum atomic E-state index is -0.733. The number of carbonyl (C=O) groups excluding carboxylic acids is 2. The van der Waals surface area contributed by atoms with Gasteiger partial charge >= 0.3 is 5.97 Å². The number of nitrogens with one attached hydrogen (secondary N) is 1. The molecule has 180 valence electrons. The number of carbonyl (C=O) groups is 2. The van der Waals surface area contributed by atoms with Crippen LogP contribution in [-0.4, -0.2) is 24.2 Å². The molecule has 0 bridgehead atoms. The number of hydrogen-bond acceptors (Lipinski definition) is 5. The van der Waals surface area contributed by atoms with Gasteiger partial charge in [0.1, 0.15) is 11.5 Å². The summed E-state index contributed by atoms with van der Waals surface area (Å²) in [5, 5.41) is 3.99. The minimum absolute atomic E-state index is 0.377. The lowest BCUT2D eigenvalue weighted by molar-refractivity contribution is -0.127. The number of hydrazone groups is 1. The molecule has 0 aliphatic rings. The van der Waals surface area contributed by atoms with Crippen LogP contribution in [0.25, 0.3) is 11.1 Å². The summed E-state index contributed by atoms with van der Waals surface area (Å²) in [5.41, 5.74) is 5.82. The smallest absolute Gasteiger partial charge is 0.344 e. The van der Waals surface area contributed by atoms with Gasteiger partial charge in [-0.3, -0.25) is 4.79 Å². The van der Waals surface area contributed by atoms with Crippen LogP contribution >= 0.6 is 15.9 Å². The Bertz CT molecular complexity index is 1350. The molecule has 0 aliphatic carbocycles. The lowest BCUT2D eigenvalue weighted by Gasteiger charge is -2.13. The predicted octanol–water partition coefficient (Wildman–Crippen LogP) is 6.25. The van der Waals surface area contributed by atoms with E-state index in [2.05, 4.69) is 26.5 Å². The number of amides is 1. The molecule has 0 saturated carbocycles. The van der Waals surface area contributed by atoms with Crippen molar-refractivity contribution < 1.29 is 19.1 Å². The van der Waals surface area contributed by atoms with E-state index in [1.165, 1.54) is 6.21 Å². The molecule has 4 aromatic rings. The van der Waals surface area contributed by atoms with Gasteiger partial charge in [0.15, 0.2) is 6.10 Å². The Hall–Kier alpha value is -4.23. The van der Waals surface area contributed by atoms with Crippen molar-refractivity contribution in [3.8, 4) is 22.6 Å². The van der Waals surface area contributed by atoms with Gasteiger partial charge in [0.05, 0.1) is 11.8 Å². The van der Waals surface area contributed by atoms with Gasteiger partial charge in [-0.15, -0.1) is 0 Å². The molecular weight excluding hydrogens is 520 g/mol. The Balaban J connectivity index is 1.26. The van der Waals surface area contributed by atoms with E-state index in [1.54, 1.807) is 49.4 Å². The Morgan fingerprint density at radius 2 is 1.42 bits per heavy atom. The molecule has 0 spiro atoms. The Morgan fingerprint density at radius 3 is 2.11 bits per heavy atom. The first-order valence-electron chi connectivity index (χ1n) is 11.2. The largest absolute Gasteiger partial charge is 0.481 e. The summed E-state index contributed by atoms with van der Waals surface area (Å²) in [6.45, 7) is 1.66.